The molecule has 0 unspecified atom stereocenters. The Labute approximate surface area is 230 Å². The number of pyridine rings is 2. The number of H-pyrrole nitrogens is 1. The van der Waals surface area contributed by atoms with Crippen molar-refractivity contribution < 1.29 is 13.9 Å². The van der Waals surface area contributed by atoms with Gasteiger partial charge in [-0.15, -0.1) is 5.10 Å². The molecule has 0 bridgehead atoms. The fourth-order valence-corrected chi connectivity index (χ4v) is 4.97. The quantitative estimate of drug-likeness (QED) is 0.300. The second kappa shape index (κ2) is 11.2. The molecule has 5 rings (SSSR count). The minimum atomic E-state index is -0.996. The number of rotatable bonds is 8. The van der Waals surface area contributed by atoms with Crippen molar-refractivity contribution in [2.75, 3.05) is 12.4 Å². The number of nitrogens with zero attached hydrogens (tertiary/aromatic N) is 7. The van der Waals surface area contributed by atoms with Crippen LogP contribution in [-0.2, 0) is 9.53 Å². The number of aryl methyl sites for hydroxylation is 1. The molecule has 4 heterocycles. The van der Waals surface area contributed by atoms with Crippen LogP contribution in [0.1, 0.15) is 67.2 Å². The Bertz CT molecular complexity index is 1530. The smallest absolute Gasteiger partial charge is 0.252 e. The average molecular weight is 545 g/mol. The number of ether oxygens (including phenoxy) is 1. The Morgan fingerprint density at radius 2 is 2.05 bits per heavy atom. The van der Waals surface area contributed by atoms with Gasteiger partial charge in [-0.2, -0.15) is 15.3 Å². The maximum atomic E-state index is 13.4. The molecule has 1 amide bonds. The van der Waals surface area contributed by atoms with Crippen LogP contribution in [0, 0.1) is 24.1 Å². The molecule has 1 atom stereocenters. The van der Waals surface area contributed by atoms with Crippen molar-refractivity contribution >= 4 is 17.7 Å². The molecular formula is C27H29FN10O2. The fourth-order valence-electron chi connectivity index (χ4n) is 4.97. The zero-order valence-corrected chi connectivity index (χ0v) is 22.3. The first kappa shape index (κ1) is 26.9. The molecule has 0 radical (unpaired) electrons. The minimum Gasteiger partial charge on any atom is -0.368 e. The topological polar surface area (TPSA) is 159 Å². The van der Waals surface area contributed by atoms with Crippen LogP contribution >= 0.6 is 0 Å². The van der Waals surface area contributed by atoms with Gasteiger partial charge in [-0.1, -0.05) is 6.07 Å². The van der Waals surface area contributed by atoms with Crippen molar-refractivity contribution in [2.45, 2.75) is 57.1 Å². The number of aromatic amines is 1. The van der Waals surface area contributed by atoms with E-state index in [0.29, 0.717) is 60.3 Å². The van der Waals surface area contributed by atoms with Gasteiger partial charge in [0.15, 0.2) is 11.6 Å². The Morgan fingerprint density at radius 1 is 1.25 bits per heavy atom. The summed E-state index contributed by atoms with van der Waals surface area (Å²) in [5.74, 6) is 1.42. The van der Waals surface area contributed by atoms with Crippen LogP contribution < -0.4 is 10.6 Å². The molecule has 0 saturated heterocycles. The van der Waals surface area contributed by atoms with E-state index in [1.54, 1.807) is 38.4 Å². The summed E-state index contributed by atoms with van der Waals surface area (Å²) in [5, 5.41) is 26.6. The molecule has 1 aliphatic carbocycles. The molecule has 4 aromatic heterocycles. The lowest BCUT2D eigenvalue weighted by Crippen LogP contribution is -2.50. The third-order valence-corrected chi connectivity index (χ3v) is 7.27. The second-order valence-electron chi connectivity index (χ2n) is 9.83. The number of hydrogen-bond acceptors (Lipinski definition) is 9. The molecule has 13 heteroatoms. The SMILES string of the molecule is CO[C@]1(C(=O)N[C@@H](C)c2ccc(-n3cc(F)cn3)nc2)CC[C@H](c2nc(Nc3n[nH]c(C)n3)ccc2C#N)CC1. The lowest BCUT2D eigenvalue weighted by Gasteiger charge is -2.38. The lowest BCUT2D eigenvalue weighted by atomic mass is 9.76. The van der Waals surface area contributed by atoms with Crippen LogP contribution in [0.2, 0.25) is 0 Å². The molecule has 12 nitrogen and oxygen atoms in total. The third kappa shape index (κ3) is 5.52. The van der Waals surface area contributed by atoms with E-state index in [4.69, 9.17) is 9.72 Å². The molecule has 0 spiro atoms. The number of nitrogens with one attached hydrogen (secondary N) is 3. The normalized spacial score (nSPS) is 19.5. The van der Waals surface area contributed by atoms with Gasteiger partial charge in [-0.25, -0.2) is 19.0 Å². The lowest BCUT2D eigenvalue weighted by molar-refractivity contribution is -0.148. The summed E-state index contributed by atoms with van der Waals surface area (Å²) in [6, 6.07) is 8.90. The number of aromatic nitrogens is 7. The van der Waals surface area contributed by atoms with Crippen molar-refractivity contribution in [1.29, 1.82) is 5.26 Å². The Hall–Kier alpha value is -4.70. The van der Waals surface area contributed by atoms with Crippen molar-refractivity contribution in [3.05, 3.63) is 71.3 Å². The molecule has 1 aliphatic rings. The summed E-state index contributed by atoms with van der Waals surface area (Å²) < 4.78 is 20.4. The van der Waals surface area contributed by atoms with Gasteiger partial charge >= 0.3 is 0 Å². The second-order valence-corrected chi connectivity index (χ2v) is 9.83. The summed E-state index contributed by atoms with van der Waals surface area (Å²) in [6.45, 7) is 3.67. The Kier molecular flexibility index (Phi) is 7.52. The number of methoxy groups -OCH3 is 1. The summed E-state index contributed by atoms with van der Waals surface area (Å²) in [5.41, 5.74) is 0.975. The van der Waals surface area contributed by atoms with E-state index in [1.165, 1.54) is 10.9 Å². The van der Waals surface area contributed by atoms with Gasteiger partial charge in [-0.05, 0) is 63.3 Å². The largest absolute Gasteiger partial charge is 0.368 e. The van der Waals surface area contributed by atoms with Crippen LogP contribution in [0.5, 0.6) is 0 Å². The highest BCUT2D eigenvalue weighted by Crippen LogP contribution is 2.41. The number of anilines is 2. The molecule has 1 saturated carbocycles. The van der Waals surface area contributed by atoms with E-state index in [2.05, 4.69) is 42.0 Å². The molecular weight excluding hydrogens is 515 g/mol. The van der Waals surface area contributed by atoms with Gasteiger partial charge in [0.05, 0.1) is 29.7 Å². The van der Waals surface area contributed by atoms with Gasteiger partial charge in [0.25, 0.3) is 5.91 Å². The van der Waals surface area contributed by atoms with Crippen molar-refractivity contribution in [1.82, 2.24) is 40.2 Å². The molecule has 206 valence electrons. The third-order valence-electron chi connectivity index (χ3n) is 7.27. The maximum absolute atomic E-state index is 13.4. The molecule has 3 N–H and O–H groups in total. The summed E-state index contributed by atoms with van der Waals surface area (Å²) >= 11 is 0. The highest BCUT2D eigenvalue weighted by Gasteiger charge is 2.43. The van der Waals surface area contributed by atoms with E-state index >= 15 is 0 Å². The zero-order chi connectivity index (χ0) is 28.3. The number of amides is 1. The highest BCUT2D eigenvalue weighted by atomic mass is 19.1. The number of carbonyl (C=O) groups is 1. The first-order valence-electron chi connectivity index (χ1n) is 12.9. The number of hydrogen-bond donors (Lipinski definition) is 3. The maximum Gasteiger partial charge on any atom is 0.252 e. The number of halogens is 1. The fraction of sp³-hybridized carbons (Fsp3) is 0.370. The van der Waals surface area contributed by atoms with E-state index in [9.17, 15) is 14.4 Å². The minimum absolute atomic E-state index is 0.0114. The van der Waals surface area contributed by atoms with E-state index in [1.807, 2.05) is 13.0 Å². The zero-order valence-electron chi connectivity index (χ0n) is 22.3. The average Bonchev–Trinajstić information content (AvgIpc) is 3.60. The van der Waals surface area contributed by atoms with E-state index in [0.717, 1.165) is 11.8 Å². The number of carbonyl (C=O) groups excluding carboxylic acids is 1. The summed E-state index contributed by atoms with van der Waals surface area (Å²) in [6.07, 6.45) is 6.17. The summed E-state index contributed by atoms with van der Waals surface area (Å²) in [4.78, 5) is 26.7. The Balaban J connectivity index is 1.24. The summed E-state index contributed by atoms with van der Waals surface area (Å²) in [7, 11) is 1.55. The molecule has 0 aliphatic heterocycles. The first-order chi connectivity index (χ1) is 19.3. The van der Waals surface area contributed by atoms with Gasteiger partial charge in [-0.3, -0.25) is 9.89 Å². The van der Waals surface area contributed by atoms with Gasteiger partial charge in [0, 0.05) is 19.2 Å². The van der Waals surface area contributed by atoms with Gasteiger partial charge in [0.2, 0.25) is 5.95 Å². The first-order valence-corrected chi connectivity index (χ1v) is 12.9. The van der Waals surface area contributed by atoms with E-state index < -0.39 is 11.4 Å². The molecule has 4 aromatic rings. The van der Waals surface area contributed by atoms with Crippen LogP contribution in [0.15, 0.2) is 42.9 Å². The van der Waals surface area contributed by atoms with Crippen molar-refractivity contribution in [3.8, 4) is 11.9 Å². The van der Waals surface area contributed by atoms with Gasteiger partial charge < -0.3 is 15.4 Å². The highest BCUT2D eigenvalue weighted by molar-refractivity contribution is 5.85. The van der Waals surface area contributed by atoms with Gasteiger partial charge in [0.1, 0.15) is 23.3 Å². The number of nitriles is 1. The van der Waals surface area contributed by atoms with Crippen LogP contribution in [0.25, 0.3) is 5.82 Å². The Morgan fingerprint density at radius 3 is 2.65 bits per heavy atom. The van der Waals surface area contributed by atoms with Crippen molar-refractivity contribution in [3.63, 3.8) is 0 Å². The predicted molar refractivity (Wildman–Crippen MR) is 142 cm³/mol. The molecule has 0 aromatic carbocycles. The monoisotopic (exact) mass is 544 g/mol. The van der Waals surface area contributed by atoms with Crippen molar-refractivity contribution in [2.24, 2.45) is 0 Å². The van der Waals surface area contributed by atoms with E-state index in [-0.39, 0.29) is 17.9 Å². The predicted octanol–water partition coefficient (Wildman–Crippen LogP) is 3.76. The molecule has 1 fully saturated rings. The van der Waals surface area contributed by atoms with Crippen LogP contribution in [0.4, 0.5) is 16.2 Å². The van der Waals surface area contributed by atoms with Crippen LogP contribution in [-0.4, -0.2) is 53.5 Å². The standard InChI is InChI=1S/C27H29FN10O2/c1-16(20-5-7-23(30-13-20)38-15-21(28)14-31-38)32-25(39)27(40-3)10-8-18(9-11-27)24-19(12-29)4-6-22(34-24)35-26-33-17(2)36-37-26/h4-7,13-16,18H,8-11H2,1-3H3,(H,32,39)(H2,33,34,35,36,37)/t16-,18-,27+/m0/s1. The molecule has 40 heavy (non-hydrogen) atoms. The van der Waals surface area contributed by atoms with Crippen LogP contribution in [0.3, 0.4) is 0 Å².